The van der Waals surface area contributed by atoms with Crippen LogP contribution >= 0.6 is 0 Å². The molecule has 0 unspecified atom stereocenters. The smallest absolute Gasteiger partial charge is 0.221 e. The summed E-state index contributed by atoms with van der Waals surface area (Å²) in [5.74, 6) is 1.02. The molecule has 0 spiro atoms. The summed E-state index contributed by atoms with van der Waals surface area (Å²) in [6, 6.07) is 24.4. The number of halogens is 1. The van der Waals surface area contributed by atoms with Crippen molar-refractivity contribution in [1.29, 1.82) is 0 Å². The third kappa shape index (κ3) is 5.95. The van der Waals surface area contributed by atoms with E-state index < -0.39 is 0 Å². The number of carbonyl (C=O) groups is 1. The van der Waals surface area contributed by atoms with Crippen molar-refractivity contribution in [3.63, 3.8) is 0 Å². The van der Waals surface area contributed by atoms with E-state index in [0.717, 1.165) is 28.7 Å². The highest BCUT2D eigenvalue weighted by Gasteiger charge is 2.17. The molecule has 0 fully saturated rings. The van der Waals surface area contributed by atoms with Crippen LogP contribution in [0.15, 0.2) is 78.9 Å². The number of hydrogen-bond acceptors (Lipinski definition) is 4. The van der Waals surface area contributed by atoms with Gasteiger partial charge in [-0.15, -0.1) is 0 Å². The Balaban J connectivity index is 1.71. The van der Waals surface area contributed by atoms with Gasteiger partial charge in [0.2, 0.25) is 5.91 Å². The van der Waals surface area contributed by atoms with Crippen LogP contribution in [-0.2, 0) is 11.2 Å². The maximum atomic E-state index is 13.5. The van der Waals surface area contributed by atoms with E-state index in [1.54, 1.807) is 12.1 Å². The number of carbonyl (C=O) groups excluding carboxylic acids is 1. The SMILES string of the molecule is CC(C)NC(=O)CCN(CCc1ccccc1)c1nc(-c2ccc(F)cc2)nc2ccccc12. The molecule has 5 nitrogen and oxygen atoms in total. The van der Waals surface area contributed by atoms with Crippen LogP contribution in [0.5, 0.6) is 0 Å². The number of fused-ring (bicyclic) bond motifs is 1. The first-order chi connectivity index (χ1) is 16.5. The van der Waals surface area contributed by atoms with E-state index >= 15 is 0 Å². The van der Waals surface area contributed by atoms with Gasteiger partial charge in [-0.1, -0.05) is 42.5 Å². The Bertz CT molecular complexity index is 1240. The molecule has 4 rings (SSSR count). The molecule has 1 aromatic heterocycles. The number of benzene rings is 3. The van der Waals surface area contributed by atoms with Crippen LogP contribution in [0.2, 0.25) is 0 Å². The van der Waals surface area contributed by atoms with E-state index in [2.05, 4.69) is 22.3 Å². The van der Waals surface area contributed by atoms with Crippen LogP contribution < -0.4 is 10.2 Å². The molecule has 6 heteroatoms. The van der Waals surface area contributed by atoms with Crippen molar-refractivity contribution in [1.82, 2.24) is 15.3 Å². The van der Waals surface area contributed by atoms with Gasteiger partial charge in [0.25, 0.3) is 0 Å². The Hall–Kier alpha value is -3.80. The van der Waals surface area contributed by atoms with Gasteiger partial charge in [-0.3, -0.25) is 4.79 Å². The van der Waals surface area contributed by atoms with Crippen LogP contribution in [0.25, 0.3) is 22.3 Å². The molecule has 1 amide bonds. The van der Waals surface area contributed by atoms with Crippen molar-refractivity contribution in [3.05, 3.63) is 90.2 Å². The lowest BCUT2D eigenvalue weighted by Crippen LogP contribution is -2.35. The van der Waals surface area contributed by atoms with Gasteiger partial charge in [-0.2, -0.15) is 0 Å². The monoisotopic (exact) mass is 456 g/mol. The lowest BCUT2D eigenvalue weighted by Gasteiger charge is -2.26. The van der Waals surface area contributed by atoms with E-state index in [1.165, 1.54) is 17.7 Å². The minimum atomic E-state index is -0.301. The summed E-state index contributed by atoms with van der Waals surface area (Å²) in [7, 11) is 0. The van der Waals surface area contributed by atoms with Crippen LogP contribution in [0.1, 0.15) is 25.8 Å². The fraction of sp³-hybridized carbons (Fsp3) is 0.250. The van der Waals surface area contributed by atoms with E-state index in [0.29, 0.717) is 25.3 Å². The van der Waals surface area contributed by atoms with Gasteiger partial charge in [-0.25, -0.2) is 14.4 Å². The van der Waals surface area contributed by atoms with Crippen molar-refractivity contribution in [3.8, 4) is 11.4 Å². The molecule has 174 valence electrons. The van der Waals surface area contributed by atoms with E-state index in [1.807, 2.05) is 56.3 Å². The molecule has 34 heavy (non-hydrogen) atoms. The second-order valence-electron chi connectivity index (χ2n) is 8.59. The van der Waals surface area contributed by atoms with Gasteiger partial charge in [0.05, 0.1) is 5.52 Å². The van der Waals surface area contributed by atoms with Crippen molar-refractivity contribution in [2.75, 3.05) is 18.0 Å². The van der Waals surface area contributed by atoms with Gasteiger partial charge in [0.1, 0.15) is 11.6 Å². The predicted octanol–water partition coefficient (Wildman–Crippen LogP) is 5.40. The average molecular weight is 457 g/mol. The quantitative estimate of drug-likeness (QED) is 0.366. The number of aromatic nitrogens is 2. The summed E-state index contributed by atoms with van der Waals surface area (Å²) >= 11 is 0. The topological polar surface area (TPSA) is 58.1 Å². The van der Waals surface area contributed by atoms with E-state index in [-0.39, 0.29) is 17.8 Å². The average Bonchev–Trinajstić information content (AvgIpc) is 2.84. The molecule has 0 saturated heterocycles. The molecular formula is C28H29FN4O. The fourth-order valence-electron chi connectivity index (χ4n) is 3.89. The molecule has 0 bridgehead atoms. The van der Waals surface area contributed by atoms with Crippen LogP contribution in [0, 0.1) is 5.82 Å². The molecule has 1 heterocycles. The molecule has 1 N–H and O–H groups in total. The summed E-state index contributed by atoms with van der Waals surface area (Å²) in [5, 5.41) is 3.89. The molecule has 3 aromatic carbocycles. The molecule has 0 atom stereocenters. The predicted molar refractivity (Wildman–Crippen MR) is 135 cm³/mol. The minimum Gasteiger partial charge on any atom is -0.355 e. The first kappa shape index (κ1) is 23.4. The van der Waals surface area contributed by atoms with Crippen molar-refractivity contribution in [2.45, 2.75) is 32.7 Å². The molecule has 0 aliphatic carbocycles. The Morgan fingerprint density at radius 3 is 2.35 bits per heavy atom. The Kier molecular flexibility index (Phi) is 7.48. The van der Waals surface area contributed by atoms with Gasteiger partial charge < -0.3 is 10.2 Å². The highest BCUT2D eigenvalue weighted by atomic mass is 19.1. The lowest BCUT2D eigenvalue weighted by molar-refractivity contribution is -0.121. The lowest BCUT2D eigenvalue weighted by atomic mass is 10.1. The maximum Gasteiger partial charge on any atom is 0.221 e. The second kappa shape index (κ2) is 10.9. The largest absolute Gasteiger partial charge is 0.355 e. The third-order valence-corrected chi connectivity index (χ3v) is 5.56. The summed E-state index contributed by atoms with van der Waals surface area (Å²) in [6.07, 6.45) is 1.17. The van der Waals surface area contributed by atoms with Crippen LogP contribution in [0.4, 0.5) is 10.2 Å². The number of hydrogen-bond donors (Lipinski definition) is 1. The van der Waals surface area contributed by atoms with Crippen LogP contribution in [-0.4, -0.2) is 35.0 Å². The van der Waals surface area contributed by atoms with Crippen molar-refractivity contribution >= 4 is 22.6 Å². The second-order valence-corrected chi connectivity index (χ2v) is 8.59. The van der Waals surface area contributed by atoms with E-state index in [9.17, 15) is 9.18 Å². The number of rotatable bonds is 9. The van der Waals surface area contributed by atoms with Gasteiger partial charge in [0, 0.05) is 36.5 Å². The zero-order chi connectivity index (χ0) is 23.9. The van der Waals surface area contributed by atoms with Gasteiger partial charge in [-0.05, 0) is 62.2 Å². The Morgan fingerprint density at radius 1 is 0.912 bits per heavy atom. The summed E-state index contributed by atoms with van der Waals surface area (Å²) in [4.78, 5) is 24.2. The van der Waals surface area contributed by atoms with Gasteiger partial charge >= 0.3 is 0 Å². The summed E-state index contributed by atoms with van der Waals surface area (Å²) in [5.41, 5.74) is 2.77. The first-order valence-corrected chi connectivity index (χ1v) is 11.6. The highest BCUT2D eigenvalue weighted by Crippen LogP contribution is 2.28. The zero-order valence-corrected chi connectivity index (χ0v) is 19.5. The molecule has 4 aromatic rings. The fourth-order valence-corrected chi connectivity index (χ4v) is 3.89. The zero-order valence-electron chi connectivity index (χ0n) is 19.5. The number of nitrogens with one attached hydrogen (secondary N) is 1. The highest BCUT2D eigenvalue weighted by molar-refractivity contribution is 5.91. The maximum absolute atomic E-state index is 13.5. The molecule has 0 aliphatic heterocycles. The molecule has 0 radical (unpaired) electrons. The summed E-state index contributed by atoms with van der Waals surface area (Å²) in [6.45, 7) is 5.13. The minimum absolute atomic E-state index is 0.0110. The van der Waals surface area contributed by atoms with Crippen molar-refractivity contribution < 1.29 is 9.18 Å². The molecule has 0 saturated carbocycles. The number of nitrogens with zero attached hydrogens (tertiary/aromatic N) is 3. The summed E-state index contributed by atoms with van der Waals surface area (Å²) < 4.78 is 13.5. The standard InChI is InChI=1S/C28H29FN4O/c1-20(2)30-26(34)17-19-33(18-16-21-8-4-3-5-9-21)28-24-10-6-7-11-25(24)31-27(32-28)22-12-14-23(29)15-13-22/h3-15,20H,16-19H2,1-2H3,(H,30,34). The Morgan fingerprint density at radius 2 is 1.62 bits per heavy atom. The Labute approximate surface area is 199 Å². The number of para-hydroxylation sites is 1. The van der Waals surface area contributed by atoms with E-state index in [4.69, 9.17) is 9.97 Å². The first-order valence-electron chi connectivity index (χ1n) is 11.6. The number of anilines is 1. The van der Waals surface area contributed by atoms with Crippen LogP contribution in [0.3, 0.4) is 0 Å². The molecule has 0 aliphatic rings. The van der Waals surface area contributed by atoms with Gasteiger partial charge in [0.15, 0.2) is 5.82 Å². The normalized spacial score (nSPS) is 11.1. The molecular weight excluding hydrogens is 427 g/mol. The third-order valence-electron chi connectivity index (χ3n) is 5.56. The number of amides is 1. The van der Waals surface area contributed by atoms with Crippen molar-refractivity contribution in [2.24, 2.45) is 0 Å².